The Hall–Kier alpha value is -1.08. The molecule has 1 rings (SSSR count). The van der Waals surface area contributed by atoms with Gasteiger partial charge in [-0.1, -0.05) is 56.7 Å². The number of nitrogens with one attached hydrogen (secondary N) is 1. The molecular weight excluding hydrogens is 230 g/mol. The first kappa shape index (κ1) is 16.0. The van der Waals surface area contributed by atoms with Crippen LogP contribution in [0, 0.1) is 0 Å². The summed E-state index contributed by atoms with van der Waals surface area (Å²) in [5, 5.41) is 3.72. The molecule has 1 aromatic rings. The lowest BCUT2D eigenvalue weighted by Crippen LogP contribution is -2.45. The third-order valence-electron chi connectivity index (χ3n) is 3.89. The van der Waals surface area contributed by atoms with E-state index in [1.165, 1.54) is 17.6 Å². The lowest BCUT2D eigenvalue weighted by atomic mass is 9.75. The molecule has 0 amide bonds. The van der Waals surface area contributed by atoms with Crippen LogP contribution in [0.25, 0.3) is 0 Å². The van der Waals surface area contributed by atoms with Gasteiger partial charge in [-0.3, -0.25) is 0 Å². The third kappa shape index (κ3) is 4.83. The molecule has 1 atom stereocenters. The van der Waals surface area contributed by atoms with E-state index in [-0.39, 0.29) is 5.41 Å². The van der Waals surface area contributed by atoms with Crippen LogP contribution in [0.1, 0.15) is 52.5 Å². The summed E-state index contributed by atoms with van der Waals surface area (Å²) in [5.41, 5.74) is 2.82. The molecule has 0 bridgehead atoms. The van der Waals surface area contributed by atoms with E-state index in [2.05, 4.69) is 69.9 Å². The van der Waals surface area contributed by atoms with Crippen LogP contribution in [-0.4, -0.2) is 12.6 Å². The predicted molar refractivity (Wildman–Crippen MR) is 85.6 cm³/mol. The Morgan fingerprint density at radius 2 is 1.89 bits per heavy atom. The minimum atomic E-state index is 0.145. The SMILES string of the molecule is C=C(C)CCC(NCCC)C(C)(C)c1ccccc1. The number of hydrogen-bond donors (Lipinski definition) is 1. The highest BCUT2D eigenvalue weighted by Gasteiger charge is 2.30. The van der Waals surface area contributed by atoms with Crippen molar-refractivity contribution in [1.82, 2.24) is 5.32 Å². The second kappa shape index (κ2) is 7.49. The zero-order valence-corrected chi connectivity index (χ0v) is 13.0. The summed E-state index contributed by atoms with van der Waals surface area (Å²) < 4.78 is 0. The molecule has 0 spiro atoms. The lowest BCUT2D eigenvalue weighted by molar-refractivity contribution is 0.322. The van der Waals surface area contributed by atoms with Gasteiger partial charge in [0.1, 0.15) is 0 Å². The van der Waals surface area contributed by atoms with Crippen molar-refractivity contribution in [3.63, 3.8) is 0 Å². The topological polar surface area (TPSA) is 12.0 Å². The van der Waals surface area contributed by atoms with Crippen molar-refractivity contribution in [2.24, 2.45) is 0 Å². The highest BCUT2D eigenvalue weighted by atomic mass is 14.9. The van der Waals surface area contributed by atoms with Crippen molar-refractivity contribution in [2.75, 3.05) is 6.54 Å². The van der Waals surface area contributed by atoms with E-state index >= 15 is 0 Å². The van der Waals surface area contributed by atoms with Gasteiger partial charge in [0.2, 0.25) is 0 Å². The number of rotatable bonds is 8. The molecule has 0 fully saturated rings. The summed E-state index contributed by atoms with van der Waals surface area (Å²) >= 11 is 0. The van der Waals surface area contributed by atoms with E-state index in [0.717, 1.165) is 19.4 Å². The van der Waals surface area contributed by atoms with Crippen molar-refractivity contribution in [3.05, 3.63) is 48.0 Å². The Bertz CT molecular complexity index is 378. The van der Waals surface area contributed by atoms with Crippen molar-refractivity contribution in [1.29, 1.82) is 0 Å². The molecule has 0 aliphatic carbocycles. The van der Waals surface area contributed by atoms with Gasteiger partial charge >= 0.3 is 0 Å². The maximum Gasteiger partial charge on any atom is 0.0162 e. The summed E-state index contributed by atoms with van der Waals surface area (Å²) in [4.78, 5) is 0. The summed E-state index contributed by atoms with van der Waals surface area (Å²) in [6.07, 6.45) is 3.42. The number of hydrogen-bond acceptors (Lipinski definition) is 1. The maximum absolute atomic E-state index is 4.03. The molecule has 1 heteroatoms. The van der Waals surface area contributed by atoms with Crippen LogP contribution in [0.4, 0.5) is 0 Å². The van der Waals surface area contributed by atoms with E-state index in [0.29, 0.717) is 6.04 Å². The van der Waals surface area contributed by atoms with Gasteiger partial charge < -0.3 is 5.32 Å². The smallest absolute Gasteiger partial charge is 0.0162 e. The van der Waals surface area contributed by atoms with Crippen molar-refractivity contribution in [3.8, 4) is 0 Å². The minimum Gasteiger partial charge on any atom is -0.313 e. The van der Waals surface area contributed by atoms with E-state index in [9.17, 15) is 0 Å². The summed E-state index contributed by atoms with van der Waals surface area (Å²) in [6.45, 7) is 14.1. The van der Waals surface area contributed by atoms with E-state index in [1.54, 1.807) is 0 Å². The second-order valence-corrected chi connectivity index (χ2v) is 6.09. The second-order valence-electron chi connectivity index (χ2n) is 6.09. The molecule has 106 valence electrons. The number of benzene rings is 1. The van der Waals surface area contributed by atoms with Crippen LogP contribution >= 0.6 is 0 Å². The standard InChI is InChI=1S/C18H29N/c1-6-14-19-17(13-12-15(2)3)18(4,5)16-10-8-7-9-11-16/h7-11,17,19H,2,6,12-14H2,1,3-5H3. The van der Waals surface area contributed by atoms with Gasteiger partial charge in [0.05, 0.1) is 0 Å². The monoisotopic (exact) mass is 259 g/mol. The van der Waals surface area contributed by atoms with E-state index < -0.39 is 0 Å². The van der Waals surface area contributed by atoms with Gasteiger partial charge in [-0.25, -0.2) is 0 Å². The fourth-order valence-corrected chi connectivity index (χ4v) is 2.50. The highest BCUT2D eigenvalue weighted by molar-refractivity contribution is 5.26. The molecule has 1 unspecified atom stereocenters. The fourth-order valence-electron chi connectivity index (χ4n) is 2.50. The largest absolute Gasteiger partial charge is 0.313 e. The van der Waals surface area contributed by atoms with Gasteiger partial charge in [-0.05, 0) is 38.3 Å². The predicted octanol–water partition coefficient (Wildman–Crippen LogP) is 4.69. The zero-order chi connectivity index (χ0) is 14.3. The molecule has 0 heterocycles. The normalized spacial score (nSPS) is 13.3. The summed E-state index contributed by atoms with van der Waals surface area (Å²) in [5.74, 6) is 0. The molecule has 1 nitrogen and oxygen atoms in total. The van der Waals surface area contributed by atoms with Crippen molar-refractivity contribution >= 4 is 0 Å². The molecular formula is C18H29N. The van der Waals surface area contributed by atoms with Crippen LogP contribution in [0.5, 0.6) is 0 Å². The van der Waals surface area contributed by atoms with Gasteiger partial charge in [0.15, 0.2) is 0 Å². The van der Waals surface area contributed by atoms with E-state index in [1.807, 2.05) is 0 Å². The molecule has 0 radical (unpaired) electrons. The Morgan fingerprint density at radius 1 is 1.26 bits per heavy atom. The zero-order valence-electron chi connectivity index (χ0n) is 13.0. The Balaban J connectivity index is 2.84. The van der Waals surface area contributed by atoms with Crippen LogP contribution in [0.15, 0.2) is 42.5 Å². The molecule has 1 N–H and O–H groups in total. The van der Waals surface area contributed by atoms with Gasteiger partial charge in [0.25, 0.3) is 0 Å². The first-order chi connectivity index (χ1) is 8.98. The Labute approximate surface area is 119 Å². The molecule has 0 saturated carbocycles. The third-order valence-corrected chi connectivity index (χ3v) is 3.89. The first-order valence-electron chi connectivity index (χ1n) is 7.41. The maximum atomic E-state index is 4.03. The molecule has 0 aromatic heterocycles. The average Bonchev–Trinajstić information content (AvgIpc) is 2.39. The molecule has 19 heavy (non-hydrogen) atoms. The van der Waals surface area contributed by atoms with E-state index in [4.69, 9.17) is 0 Å². The molecule has 0 saturated heterocycles. The van der Waals surface area contributed by atoms with Crippen LogP contribution in [0.3, 0.4) is 0 Å². The Kier molecular flexibility index (Phi) is 6.30. The van der Waals surface area contributed by atoms with Gasteiger partial charge in [-0.15, -0.1) is 6.58 Å². The first-order valence-corrected chi connectivity index (χ1v) is 7.41. The lowest BCUT2D eigenvalue weighted by Gasteiger charge is -2.36. The minimum absolute atomic E-state index is 0.145. The van der Waals surface area contributed by atoms with Crippen molar-refractivity contribution < 1.29 is 0 Å². The average molecular weight is 259 g/mol. The van der Waals surface area contributed by atoms with Crippen LogP contribution in [0.2, 0.25) is 0 Å². The fraction of sp³-hybridized carbons (Fsp3) is 0.556. The van der Waals surface area contributed by atoms with Crippen LogP contribution < -0.4 is 5.32 Å². The molecule has 1 aromatic carbocycles. The van der Waals surface area contributed by atoms with Gasteiger partial charge in [0, 0.05) is 11.5 Å². The summed E-state index contributed by atoms with van der Waals surface area (Å²) in [6, 6.07) is 11.3. The van der Waals surface area contributed by atoms with Crippen LogP contribution in [-0.2, 0) is 5.41 Å². The van der Waals surface area contributed by atoms with Crippen molar-refractivity contribution in [2.45, 2.75) is 58.4 Å². The quantitative estimate of drug-likeness (QED) is 0.668. The Morgan fingerprint density at radius 3 is 2.42 bits per heavy atom. The molecule has 0 aliphatic heterocycles. The highest BCUT2D eigenvalue weighted by Crippen LogP contribution is 2.30. The summed E-state index contributed by atoms with van der Waals surface area (Å²) in [7, 11) is 0. The molecule has 0 aliphatic rings. The van der Waals surface area contributed by atoms with Gasteiger partial charge in [-0.2, -0.15) is 0 Å². The number of allylic oxidation sites excluding steroid dienone is 1.